The molecule has 0 bridgehead atoms. The van der Waals surface area contributed by atoms with Crippen LogP contribution in [0.1, 0.15) is 31.5 Å². The van der Waals surface area contributed by atoms with Crippen LogP contribution < -0.4 is 5.73 Å². The fraction of sp³-hybridized carbons (Fsp3) is 0.700. The predicted molar refractivity (Wildman–Crippen MR) is 65.9 cm³/mol. The van der Waals surface area contributed by atoms with Crippen molar-refractivity contribution < 1.29 is 0 Å². The summed E-state index contributed by atoms with van der Waals surface area (Å²) in [5, 5.41) is 4.02. The minimum absolute atomic E-state index is 0.211. The summed E-state index contributed by atoms with van der Waals surface area (Å²) in [6.07, 6.45) is 0.892. The van der Waals surface area contributed by atoms with Gasteiger partial charge in [0, 0.05) is 23.6 Å². The van der Waals surface area contributed by atoms with Crippen molar-refractivity contribution in [3.05, 3.63) is 16.1 Å². The summed E-state index contributed by atoms with van der Waals surface area (Å²) in [5.74, 6) is 1.03. The monoisotopic (exact) mass is 230 g/mol. The van der Waals surface area contributed by atoms with Crippen LogP contribution in [-0.2, 0) is 12.2 Å². The van der Waals surface area contributed by atoms with E-state index in [0.717, 1.165) is 17.9 Å². The van der Waals surface area contributed by atoms with Crippen molar-refractivity contribution in [3.8, 4) is 0 Å². The Balaban J connectivity index is 2.42. The maximum absolute atomic E-state index is 5.72. The third kappa shape index (κ3) is 4.44. The van der Waals surface area contributed by atoms with E-state index in [1.807, 2.05) is 18.7 Å². The highest BCUT2D eigenvalue weighted by molar-refractivity contribution is 7.99. The number of thioether (sulfide) groups is 1. The van der Waals surface area contributed by atoms with Gasteiger partial charge in [-0.25, -0.2) is 4.98 Å². The Labute approximate surface area is 94.3 Å². The number of rotatable bonds is 5. The molecule has 0 radical (unpaired) electrons. The quantitative estimate of drug-likeness (QED) is 0.845. The van der Waals surface area contributed by atoms with E-state index in [4.69, 9.17) is 5.73 Å². The molecule has 80 valence electrons. The molecule has 0 aliphatic heterocycles. The van der Waals surface area contributed by atoms with Crippen molar-refractivity contribution in [2.75, 3.05) is 0 Å². The van der Waals surface area contributed by atoms with Crippen molar-refractivity contribution in [3.63, 3.8) is 0 Å². The van der Waals surface area contributed by atoms with Crippen LogP contribution in [0.15, 0.2) is 5.38 Å². The van der Waals surface area contributed by atoms with Crippen LogP contribution in [0.5, 0.6) is 0 Å². The van der Waals surface area contributed by atoms with Crippen molar-refractivity contribution >= 4 is 23.1 Å². The molecule has 0 saturated heterocycles. The molecule has 1 rings (SSSR count). The molecule has 2 nitrogen and oxygen atoms in total. The summed E-state index contributed by atoms with van der Waals surface area (Å²) >= 11 is 3.68. The molecule has 0 aliphatic rings. The molecule has 0 aromatic carbocycles. The van der Waals surface area contributed by atoms with E-state index in [9.17, 15) is 0 Å². The van der Waals surface area contributed by atoms with E-state index in [-0.39, 0.29) is 6.04 Å². The number of aromatic nitrogens is 1. The Kier molecular flexibility index (Phi) is 4.92. The molecule has 1 unspecified atom stereocenters. The minimum atomic E-state index is 0.211. The summed E-state index contributed by atoms with van der Waals surface area (Å²) in [7, 11) is 0. The highest BCUT2D eigenvalue weighted by atomic mass is 32.2. The van der Waals surface area contributed by atoms with Gasteiger partial charge < -0.3 is 5.73 Å². The first-order valence-electron chi connectivity index (χ1n) is 4.88. The summed E-state index contributed by atoms with van der Waals surface area (Å²) < 4.78 is 0. The van der Waals surface area contributed by atoms with Crippen LogP contribution >= 0.6 is 23.1 Å². The topological polar surface area (TPSA) is 38.9 Å². The molecule has 1 aromatic heterocycles. The first-order valence-corrected chi connectivity index (χ1v) is 6.81. The molecule has 0 amide bonds. The summed E-state index contributed by atoms with van der Waals surface area (Å²) in [6, 6.07) is 0.211. The lowest BCUT2D eigenvalue weighted by atomic mass is 10.2. The molecule has 0 fully saturated rings. The lowest BCUT2D eigenvalue weighted by Crippen LogP contribution is -2.17. The van der Waals surface area contributed by atoms with E-state index < -0.39 is 0 Å². The standard InChI is InChI=1S/C10H18N2S2/c1-7(2)13-6-10-12-9(5-14-10)4-8(3)11/h5,7-8H,4,6,11H2,1-3H3. The molecule has 2 N–H and O–H groups in total. The largest absolute Gasteiger partial charge is 0.328 e. The number of hydrogen-bond donors (Lipinski definition) is 1. The maximum Gasteiger partial charge on any atom is 0.103 e. The SMILES string of the molecule is CC(N)Cc1csc(CSC(C)C)n1. The normalized spacial score (nSPS) is 13.5. The van der Waals surface area contributed by atoms with Crippen LogP contribution in [0.3, 0.4) is 0 Å². The van der Waals surface area contributed by atoms with Gasteiger partial charge in [0.15, 0.2) is 0 Å². The van der Waals surface area contributed by atoms with E-state index in [2.05, 4.69) is 24.2 Å². The number of thiazole rings is 1. The van der Waals surface area contributed by atoms with Crippen molar-refractivity contribution in [2.45, 2.75) is 44.2 Å². The van der Waals surface area contributed by atoms with E-state index in [1.165, 1.54) is 5.01 Å². The lowest BCUT2D eigenvalue weighted by molar-refractivity contribution is 0.724. The Morgan fingerprint density at radius 2 is 2.21 bits per heavy atom. The van der Waals surface area contributed by atoms with Gasteiger partial charge in [0.2, 0.25) is 0 Å². The average Bonchev–Trinajstić information content (AvgIpc) is 2.47. The van der Waals surface area contributed by atoms with Gasteiger partial charge in [-0.15, -0.1) is 11.3 Å². The van der Waals surface area contributed by atoms with Gasteiger partial charge in [-0.05, 0) is 12.2 Å². The third-order valence-electron chi connectivity index (χ3n) is 1.67. The third-order valence-corrected chi connectivity index (χ3v) is 3.86. The second-order valence-electron chi connectivity index (χ2n) is 3.77. The minimum Gasteiger partial charge on any atom is -0.328 e. The fourth-order valence-electron chi connectivity index (χ4n) is 1.08. The van der Waals surface area contributed by atoms with Gasteiger partial charge in [-0.1, -0.05) is 13.8 Å². The first kappa shape index (κ1) is 12.0. The van der Waals surface area contributed by atoms with Crippen molar-refractivity contribution in [2.24, 2.45) is 5.73 Å². The van der Waals surface area contributed by atoms with Crippen LogP contribution in [0.2, 0.25) is 0 Å². The molecule has 0 aliphatic carbocycles. The molecule has 1 aromatic rings. The molecule has 4 heteroatoms. The average molecular weight is 230 g/mol. The number of nitrogens with two attached hydrogens (primary N) is 1. The van der Waals surface area contributed by atoms with E-state index in [1.54, 1.807) is 11.3 Å². The molecule has 0 spiro atoms. The summed E-state index contributed by atoms with van der Waals surface area (Å²) in [5.41, 5.74) is 6.86. The molecular formula is C10H18N2S2. The Morgan fingerprint density at radius 3 is 2.79 bits per heavy atom. The van der Waals surface area contributed by atoms with Crippen LogP contribution in [0.4, 0.5) is 0 Å². The number of hydrogen-bond acceptors (Lipinski definition) is 4. The Morgan fingerprint density at radius 1 is 1.50 bits per heavy atom. The van der Waals surface area contributed by atoms with Crippen molar-refractivity contribution in [1.82, 2.24) is 4.98 Å². The Bertz CT molecular complexity index is 269. The van der Waals surface area contributed by atoms with Crippen LogP contribution in [0, 0.1) is 0 Å². The smallest absolute Gasteiger partial charge is 0.103 e. The van der Waals surface area contributed by atoms with Crippen molar-refractivity contribution in [1.29, 1.82) is 0 Å². The fourth-order valence-corrected chi connectivity index (χ4v) is 2.68. The van der Waals surface area contributed by atoms with E-state index in [0.29, 0.717) is 5.25 Å². The van der Waals surface area contributed by atoms with Crippen LogP contribution in [-0.4, -0.2) is 16.3 Å². The second kappa shape index (κ2) is 5.73. The highest BCUT2D eigenvalue weighted by Gasteiger charge is 2.05. The van der Waals surface area contributed by atoms with Gasteiger partial charge in [0.1, 0.15) is 5.01 Å². The Hall–Kier alpha value is -0.0600. The number of nitrogens with zero attached hydrogens (tertiary/aromatic N) is 1. The molecule has 0 saturated carbocycles. The maximum atomic E-state index is 5.72. The second-order valence-corrected chi connectivity index (χ2v) is 6.28. The zero-order chi connectivity index (χ0) is 10.6. The molecule has 1 atom stereocenters. The van der Waals surface area contributed by atoms with Gasteiger partial charge >= 0.3 is 0 Å². The lowest BCUT2D eigenvalue weighted by Gasteiger charge is -2.01. The molecular weight excluding hydrogens is 212 g/mol. The zero-order valence-electron chi connectivity index (χ0n) is 8.99. The molecule has 14 heavy (non-hydrogen) atoms. The van der Waals surface area contributed by atoms with Gasteiger partial charge in [-0.3, -0.25) is 0 Å². The molecule has 1 heterocycles. The van der Waals surface area contributed by atoms with E-state index >= 15 is 0 Å². The highest BCUT2D eigenvalue weighted by Crippen LogP contribution is 2.20. The van der Waals surface area contributed by atoms with Gasteiger partial charge in [-0.2, -0.15) is 11.8 Å². The summed E-state index contributed by atoms with van der Waals surface area (Å²) in [4.78, 5) is 4.54. The van der Waals surface area contributed by atoms with Crippen LogP contribution in [0.25, 0.3) is 0 Å². The van der Waals surface area contributed by atoms with Gasteiger partial charge in [0.25, 0.3) is 0 Å². The summed E-state index contributed by atoms with van der Waals surface area (Å²) in [6.45, 7) is 6.43. The van der Waals surface area contributed by atoms with Gasteiger partial charge in [0.05, 0.1) is 5.69 Å². The first-order chi connectivity index (χ1) is 6.58. The predicted octanol–water partition coefficient (Wildman–Crippen LogP) is 2.67. The zero-order valence-corrected chi connectivity index (χ0v) is 10.6.